The van der Waals surface area contributed by atoms with Gasteiger partial charge in [-0.15, -0.1) is 69.1 Å². The molecular weight excluding hydrogens is 548 g/mol. The van der Waals surface area contributed by atoms with Crippen molar-refractivity contribution >= 4 is 21.5 Å². The third kappa shape index (κ3) is 8.74. The molecule has 0 aliphatic heterocycles. The summed E-state index contributed by atoms with van der Waals surface area (Å²) in [6.45, 7) is 10.0. The number of unbranched alkanes of at least 4 members (excludes halogenated alkanes) is 1. The summed E-state index contributed by atoms with van der Waals surface area (Å²) in [6.07, 6.45) is 2.28. The summed E-state index contributed by atoms with van der Waals surface area (Å²) in [4.78, 5) is 0. The predicted molar refractivity (Wildman–Crippen MR) is 173 cm³/mol. The molecule has 6 aromatic carbocycles. The average molecular weight is 589 g/mol. The van der Waals surface area contributed by atoms with E-state index in [0.717, 1.165) is 6.42 Å². The van der Waals surface area contributed by atoms with Crippen LogP contribution in [-0.4, -0.2) is 0 Å². The van der Waals surface area contributed by atoms with Crippen LogP contribution in [0.2, 0.25) is 0 Å². The Morgan fingerprint density at radius 1 is 0.564 bits per heavy atom. The van der Waals surface area contributed by atoms with E-state index in [4.69, 9.17) is 0 Å². The molecule has 39 heavy (non-hydrogen) atoms. The van der Waals surface area contributed by atoms with Gasteiger partial charge < -0.3 is 21.8 Å². The van der Waals surface area contributed by atoms with Crippen molar-refractivity contribution in [1.29, 1.82) is 0 Å². The Labute approximate surface area is 256 Å². The summed E-state index contributed by atoms with van der Waals surface area (Å²) in [5.41, 5.74) is 7.89. The Morgan fingerprint density at radius 3 is 1.26 bits per heavy atom. The summed E-state index contributed by atoms with van der Waals surface area (Å²) < 4.78 is 0. The normalized spacial score (nSPS) is 9.64. The van der Waals surface area contributed by atoms with Crippen LogP contribution in [0, 0.1) is 35.6 Å². The molecule has 0 radical (unpaired) electrons. The number of hydrogen-bond donors (Lipinski definition) is 0. The molecule has 1 heteroatoms. The summed E-state index contributed by atoms with van der Waals surface area (Å²) >= 11 is 0. The maximum Gasteiger partial charge on any atom is 0 e. The van der Waals surface area contributed by atoms with Crippen LogP contribution in [0.25, 0.3) is 43.8 Å². The van der Waals surface area contributed by atoms with Gasteiger partial charge in [-0.2, -0.15) is 18.6 Å². The van der Waals surface area contributed by atoms with Gasteiger partial charge in [-0.05, 0) is 11.1 Å². The summed E-state index contributed by atoms with van der Waals surface area (Å²) in [5.74, 6) is 0. The van der Waals surface area contributed by atoms with E-state index in [0.29, 0.717) is 0 Å². The molecule has 0 amide bonds. The van der Waals surface area contributed by atoms with Crippen molar-refractivity contribution < 1.29 is 26.2 Å². The van der Waals surface area contributed by atoms with Gasteiger partial charge in [0.1, 0.15) is 0 Å². The van der Waals surface area contributed by atoms with Gasteiger partial charge in [-0.25, -0.2) is 0 Å². The molecular formula is C38H41Zr-5. The molecule has 0 bridgehead atoms. The molecule has 0 N–H and O–H groups in total. The Bertz CT molecular complexity index is 1380. The standard InChI is InChI=1S/2C16H13.C4H9.2CH3.Zr/c2*1-12-10-14-8-5-9-15(16(14)11-12)13-6-3-2-4-7-13;1-3-4-2;;;/h2*2-11H,1H3;1,3-4H2,2H3;2*1H3;/q5*-1;. The maximum atomic E-state index is 3.60. The Kier molecular flexibility index (Phi) is 14.7. The van der Waals surface area contributed by atoms with E-state index in [9.17, 15) is 0 Å². The molecule has 0 atom stereocenters. The summed E-state index contributed by atoms with van der Waals surface area (Å²) in [6, 6.07) is 43.1. The largest absolute Gasteiger partial charge is 0.358 e. The van der Waals surface area contributed by atoms with E-state index in [1.54, 1.807) is 0 Å². The third-order valence-electron chi connectivity index (χ3n) is 6.31. The van der Waals surface area contributed by atoms with Crippen LogP contribution in [0.4, 0.5) is 0 Å². The van der Waals surface area contributed by atoms with Crippen LogP contribution in [0.1, 0.15) is 30.9 Å². The van der Waals surface area contributed by atoms with Crippen LogP contribution < -0.4 is 0 Å². The molecule has 6 aromatic rings. The van der Waals surface area contributed by atoms with Crippen LogP contribution in [0.3, 0.4) is 0 Å². The fourth-order valence-electron chi connectivity index (χ4n) is 4.51. The topological polar surface area (TPSA) is 0 Å². The summed E-state index contributed by atoms with van der Waals surface area (Å²) in [5, 5.41) is 5.37. The SMILES string of the molecule is Cc1cc2c(-c3ccccc3)cccc2[cH-]1.Cc1cc2c(-c3ccccc3)cccc2[cH-]1.[CH2-]CCC.[CH3-].[CH3-].[Zr]. The van der Waals surface area contributed by atoms with E-state index < -0.39 is 0 Å². The molecule has 0 aromatic heterocycles. The molecule has 0 spiro atoms. The number of benzene rings is 4. The maximum absolute atomic E-state index is 3.60. The molecule has 202 valence electrons. The fraction of sp³-hybridized carbons (Fsp3) is 0.132. The van der Waals surface area contributed by atoms with Gasteiger partial charge >= 0.3 is 0 Å². The smallest absolute Gasteiger partial charge is 0 e. The first-order chi connectivity index (χ1) is 17.6. The minimum Gasteiger partial charge on any atom is -0.358 e. The molecule has 0 saturated heterocycles. The molecule has 0 nitrogen and oxygen atoms in total. The molecule has 0 fully saturated rings. The van der Waals surface area contributed by atoms with E-state index in [-0.39, 0.29) is 41.1 Å². The number of hydrogen-bond acceptors (Lipinski definition) is 0. The quantitative estimate of drug-likeness (QED) is 0.180. The molecule has 0 heterocycles. The van der Waals surface area contributed by atoms with Crippen LogP contribution in [0.15, 0.2) is 121 Å². The Hall–Kier alpha value is -3.02. The minimum absolute atomic E-state index is 0. The molecule has 0 aliphatic carbocycles. The van der Waals surface area contributed by atoms with Crippen molar-refractivity contribution in [2.24, 2.45) is 0 Å². The van der Waals surface area contributed by atoms with Crippen LogP contribution in [-0.2, 0) is 26.2 Å². The minimum atomic E-state index is 0. The first-order valence-corrected chi connectivity index (χ1v) is 12.8. The van der Waals surface area contributed by atoms with Crippen molar-refractivity contribution in [3.8, 4) is 22.3 Å². The number of rotatable bonds is 3. The van der Waals surface area contributed by atoms with Crippen molar-refractivity contribution in [2.75, 3.05) is 0 Å². The second kappa shape index (κ2) is 16.8. The van der Waals surface area contributed by atoms with Crippen molar-refractivity contribution in [1.82, 2.24) is 0 Å². The zero-order chi connectivity index (χ0) is 25.3. The van der Waals surface area contributed by atoms with Crippen LogP contribution in [0.5, 0.6) is 0 Å². The van der Waals surface area contributed by atoms with Gasteiger partial charge in [0, 0.05) is 26.2 Å². The Balaban J connectivity index is 0.000000322. The van der Waals surface area contributed by atoms with Gasteiger partial charge in [0.25, 0.3) is 0 Å². The van der Waals surface area contributed by atoms with Gasteiger partial charge in [-0.3, -0.25) is 0 Å². The van der Waals surface area contributed by atoms with Gasteiger partial charge in [0.15, 0.2) is 0 Å². The van der Waals surface area contributed by atoms with E-state index in [2.05, 4.69) is 149 Å². The Morgan fingerprint density at radius 2 is 0.923 bits per heavy atom. The molecule has 0 saturated carbocycles. The van der Waals surface area contributed by atoms with Crippen molar-refractivity contribution in [2.45, 2.75) is 33.6 Å². The second-order valence-electron chi connectivity index (χ2n) is 9.27. The summed E-state index contributed by atoms with van der Waals surface area (Å²) in [7, 11) is 0. The van der Waals surface area contributed by atoms with E-state index in [1.165, 1.54) is 61.3 Å². The number of aryl methyl sites for hydroxylation is 2. The van der Waals surface area contributed by atoms with Gasteiger partial charge in [0.2, 0.25) is 0 Å². The van der Waals surface area contributed by atoms with Gasteiger partial charge in [-0.1, -0.05) is 111 Å². The predicted octanol–water partition coefficient (Wildman–Crippen LogP) is 11.6. The monoisotopic (exact) mass is 587 g/mol. The molecule has 0 aliphatic rings. The third-order valence-corrected chi connectivity index (χ3v) is 6.31. The second-order valence-corrected chi connectivity index (χ2v) is 9.27. The van der Waals surface area contributed by atoms with Gasteiger partial charge in [0.05, 0.1) is 0 Å². The van der Waals surface area contributed by atoms with E-state index in [1.807, 2.05) is 0 Å². The number of fused-ring (bicyclic) bond motifs is 2. The van der Waals surface area contributed by atoms with Crippen molar-refractivity contribution in [3.63, 3.8) is 0 Å². The molecule has 0 unspecified atom stereocenters. The fourth-order valence-corrected chi connectivity index (χ4v) is 4.51. The zero-order valence-electron chi connectivity index (χ0n) is 24.2. The first kappa shape index (κ1) is 34.0. The van der Waals surface area contributed by atoms with E-state index >= 15 is 0 Å². The van der Waals surface area contributed by atoms with Crippen molar-refractivity contribution in [3.05, 3.63) is 154 Å². The first-order valence-electron chi connectivity index (χ1n) is 12.8. The van der Waals surface area contributed by atoms with Crippen LogP contribution >= 0.6 is 0 Å². The zero-order valence-corrected chi connectivity index (χ0v) is 26.6. The molecule has 6 rings (SSSR count). The average Bonchev–Trinajstić information content (AvgIpc) is 3.50.